The molecule has 0 aromatic carbocycles. The van der Waals surface area contributed by atoms with Crippen molar-refractivity contribution < 1.29 is 14.3 Å². The van der Waals surface area contributed by atoms with Crippen molar-refractivity contribution >= 4 is 34.4 Å². The van der Waals surface area contributed by atoms with Crippen LogP contribution in [-0.2, 0) is 9.47 Å². The van der Waals surface area contributed by atoms with Crippen LogP contribution in [0, 0.1) is 0 Å². The maximum absolute atomic E-state index is 12.1. The number of hydrogen-bond donors (Lipinski definition) is 0. The first-order chi connectivity index (χ1) is 11.1. The van der Waals surface area contributed by atoms with Gasteiger partial charge in [-0.15, -0.1) is 0 Å². The fourth-order valence-electron chi connectivity index (χ4n) is 3.10. The monoisotopic (exact) mass is 336 g/mol. The third-order valence-electron chi connectivity index (χ3n) is 4.19. The van der Waals surface area contributed by atoms with Crippen LogP contribution in [0.15, 0.2) is 12.3 Å². The molecule has 0 N–H and O–H groups in total. The fourth-order valence-corrected chi connectivity index (χ4v) is 3.26. The molecule has 0 spiro atoms. The van der Waals surface area contributed by atoms with Gasteiger partial charge in [0.15, 0.2) is 12.0 Å². The van der Waals surface area contributed by atoms with Crippen LogP contribution < -0.4 is 4.90 Å². The molecule has 2 atom stereocenters. The summed E-state index contributed by atoms with van der Waals surface area (Å²) >= 11 is 6.05. The van der Waals surface area contributed by atoms with Gasteiger partial charge in [-0.2, -0.15) is 5.10 Å². The number of amides is 1. The second kappa shape index (κ2) is 5.65. The average Bonchev–Trinajstić information content (AvgIpc) is 3.07. The van der Waals surface area contributed by atoms with Crippen LogP contribution in [0.5, 0.6) is 0 Å². The molecule has 2 aliphatic rings. The molecule has 2 unspecified atom stereocenters. The van der Waals surface area contributed by atoms with Crippen LogP contribution in [0.2, 0.25) is 5.15 Å². The lowest BCUT2D eigenvalue weighted by Crippen LogP contribution is -2.25. The summed E-state index contributed by atoms with van der Waals surface area (Å²) < 4.78 is 12.9. The number of pyridine rings is 1. The van der Waals surface area contributed by atoms with Gasteiger partial charge in [0, 0.05) is 18.9 Å². The second-order valence-corrected chi connectivity index (χ2v) is 6.31. The minimum Gasteiger partial charge on any atom is -0.444 e. The molecule has 2 fully saturated rings. The van der Waals surface area contributed by atoms with Crippen LogP contribution >= 0.6 is 11.6 Å². The van der Waals surface area contributed by atoms with Crippen LogP contribution in [-0.4, -0.2) is 40.1 Å². The molecule has 2 aliphatic heterocycles. The molecular weight excluding hydrogens is 320 g/mol. The van der Waals surface area contributed by atoms with Gasteiger partial charge in [-0.1, -0.05) is 11.6 Å². The van der Waals surface area contributed by atoms with Gasteiger partial charge in [-0.3, -0.25) is 4.90 Å². The lowest BCUT2D eigenvalue weighted by Gasteiger charge is -2.23. The van der Waals surface area contributed by atoms with Gasteiger partial charge in [0.2, 0.25) is 0 Å². The second-order valence-electron chi connectivity index (χ2n) is 5.92. The third kappa shape index (κ3) is 2.53. The summed E-state index contributed by atoms with van der Waals surface area (Å²) in [7, 11) is 0. The number of nitrogens with zero attached hydrogens (tertiary/aromatic N) is 4. The quantitative estimate of drug-likeness (QED) is 0.788. The van der Waals surface area contributed by atoms with Crippen LogP contribution in [0.4, 0.5) is 10.6 Å². The maximum Gasteiger partial charge on any atom is 0.416 e. The van der Waals surface area contributed by atoms with Crippen LogP contribution in [0.3, 0.4) is 0 Å². The van der Waals surface area contributed by atoms with E-state index < -0.39 is 0 Å². The Morgan fingerprint density at radius 2 is 2.26 bits per heavy atom. The zero-order chi connectivity index (χ0) is 16.0. The third-order valence-corrected chi connectivity index (χ3v) is 4.39. The number of ether oxygens (including phenoxy) is 2. The molecule has 4 heterocycles. The summed E-state index contributed by atoms with van der Waals surface area (Å²) in [5.74, 6) is 0.549. The molecule has 0 radical (unpaired) electrons. The largest absolute Gasteiger partial charge is 0.444 e. The Balaban J connectivity index is 1.83. The summed E-state index contributed by atoms with van der Waals surface area (Å²) in [5, 5.41) is 5.80. The predicted molar refractivity (Wildman–Crippen MR) is 84.7 cm³/mol. The van der Waals surface area contributed by atoms with E-state index in [9.17, 15) is 4.79 Å². The molecule has 1 amide bonds. The van der Waals surface area contributed by atoms with Crippen molar-refractivity contribution in [3.05, 3.63) is 17.4 Å². The molecule has 2 saturated heterocycles. The van der Waals surface area contributed by atoms with Crippen molar-refractivity contribution in [3.63, 3.8) is 0 Å². The first-order valence-electron chi connectivity index (χ1n) is 7.77. The van der Waals surface area contributed by atoms with E-state index in [4.69, 9.17) is 21.1 Å². The molecule has 2 aromatic rings. The number of anilines is 1. The highest BCUT2D eigenvalue weighted by atomic mass is 35.5. The topological polar surface area (TPSA) is 69.5 Å². The molecule has 4 rings (SSSR count). The van der Waals surface area contributed by atoms with Crippen LogP contribution in [0.25, 0.3) is 10.9 Å². The number of rotatable bonds is 2. The Kier molecular flexibility index (Phi) is 3.61. The van der Waals surface area contributed by atoms with Gasteiger partial charge in [0.05, 0.1) is 17.4 Å². The van der Waals surface area contributed by atoms with Gasteiger partial charge in [-0.25, -0.2) is 14.5 Å². The zero-order valence-electron chi connectivity index (χ0n) is 12.7. The number of aromatic nitrogens is 3. The van der Waals surface area contributed by atoms with E-state index >= 15 is 0 Å². The van der Waals surface area contributed by atoms with Crippen molar-refractivity contribution in [2.24, 2.45) is 0 Å². The first-order valence-corrected chi connectivity index (χ1v) is 8.15. The van der Waals surface area contributed by atoms with Crippen molar-refractivity contribution in [2.75, 3.05) is 18.1 Å². The lowest BCUT2D eigenvalue weighted by molar-refractivity contribution is -0.0365. The highest BCUT2D eigenvalue weighted by Crippen LogP contribution is 2.34. The van der Waals surface area contributed by atoms with E-state index in [2.05, 4.69) is 10.1 Å². The SMILES string of the molecule is CC1CN(c2nn(C3CCCCO3)c3cc(Cl)ncc23)C(=O)O1. The van der Waals surface area contributed by atoms with Gasteiger partial charge >= 0.3 is 6.09 Å². The van der Waals surface area contributed by atoms with Crippen molar-refractivity contribution in [3.8, 4) is 0 Å². The van der Waals surface area contributed by atoms with Gasteiger partial charge < -0.3 is 9.47 Å². The Morgan fingerprint density at radius 3 is 2.96 bits per heavy atom. The number of hydrogen-bond acceptors (Lipinski definition) is 5. The zero-order valence-corrected chi connectivity index (χ0v) is 13.5. The summed E-state index contributed by atoms with van der Waals surface area (Å²) in [6.07, 6.45) is 3.99. The molecule has 0 bridgehead atoms. The minimum atomic E-state index is -0.386. The molecule has 7 nitrogen and oxygen atoms in total. The smallest absolute Gasteiger partial charge is 0.416 e. The number of carbonyl (C=O) groups excluding carboxylic acids is 1. The molecule has 122 valence electrons. The van der Waals surface area contributed by atoms with E-state index in [0.29, 0.717) is 24.1 Å². The van der Waals surface area contributed by atoms with Gasteiger partial charge in [-0.05, 0) is 26.2 Å². The Bertz CT molecular complexity index is 757. The number of cyclic esters (lactones) is 1. The van der Waals surface area contributed by atoms with Crippen LogP contribution in [0.1, 0.15) is 32.4 Å². The summed E-state index contributed by atoms with van der Waals surface area (Å²) in [5.41, 5.74) is 0.819. The van der Waals surface area contributed by atoms with E-state index in [0.717, 1.165) is 30.2 Å². The first kappa shape index (κ1) is 14.7. The minimum absolute atomic E-state index is 0.144. The van der Waals surface area contributed by atoms with E-state index in [1.54, 1.807) is 17.2 Å². The van der Waals surface area contributed by atoms with E-state index in [1.165, 1.54) is 0 Å². The number of halogens is 1. The predicted octanol–water partition coefficient (Wildman–Crippen LogP) is 3.13. The van der Waals surface area contributed by atoms with Crippen molar-refractivity contribution in [2.45, 2.75) is 38.5 Å². The number of fused-ring (bicyclic) bond motifs is 1. The maximum atomic E-state index is 12.1. The van der Waals surface area contributed by atoms with Gasteiger partial charge in [0.25, 0.3) is 0 Å². The molecule has 23 heavy (non-hydrogen) atoms. The van der Waals surface area contributed by atoms with Crippen molar-refractivity contribution in [1.29, 1.82) is 0 Å². The summed E-state index contributed by atoms with van der Waals surface area (Å²) in [6.45, 7) is 3.04. The standard InChI is InChI=1S/C15H17ClN4O3/c1-9-8-19(15(21)23-9)14-10-7-17-12(16)6-11(10)20(18-14)13-4-2-3-5-22-13/h6-7,9,13H,2-5,8H2,1H3. The molecule has 0 aliphatic carbocycles. The fraction of sp³-hybridized carbons (Fsp3) is 0.533. The average molecular weight is 337 g/mol. The Morgan fingerprint density at radius 1 is 1.39 bits per heavy atom. The molecule has 8 heteroatoms. The lowest BCUT2D eigenvalue weighted by atomic mass is 10.2. The normalized spacial score (nSPS) is 25.1. The molecule has 2 aromatic heterocycles. The molecular formula is C15H17ClN4O3. The number of carbonyl (C=O) groups is 1. The summed E-state index contributed by atoms with van der Waals surface area (Å²) in [6, 6.07) is 1.76. The van der Waals surface area contributed by atoms with E-state index in [1.807, 2.05) is 11.6 Å². The molecule has 0 saturated carbocycles. The highest BCUT2D eigenvalue weighted by molar-refractivity contribution is 6.30. The Labute approximate surface area is 138 Å². The van der Waals surface area contributed by atoms with Crippen molar-refractivity contribution in [1.82, 2.24) is 14.8 Å². The van der Waals surface area contributed by atoms with E-state index in [-0.39, 0.29) is 18.4 Å². The van der Waals surface area contributed by atoms with Gasteiger partial charge in [0.1, 0.15) is 11.3 Å². The summed E-state index contributed by atoms with van der Waals surface area (Å²) in [4.78, 5) is 17.7. The highest BCUT2D eigenvalue weighted by Gasteiger charge is 2.34. The Hall–Kier alpha value is -1.86.